The second-order valence-electron chi connectivity index (χ2n) is 5.37. The number of amides is 1. The SMILES string of the molecule is CCC1CCN(C(=O)c2ccnc(C)c2)C(CN)C1. The van der Waals surface area contributed by atoms with E-state index in [0.29, 0.717) is 12.5 Å². The van der Waals surface area contributed by atoms with Gasteiger partial charge in [-0.3, -0.25) is 9.78 Å². The fraction of sp³-hybridized carbons (Fsp3) is 0.600. The Morgan fingerprint density at radius 1 is 1.58 bits per heavy atom. The van der Waals surface area contributed by atoms with E-state index in [1.807, 2.05) is 17.9 Å². The molecular formula is C15H23N3O. The smallest absolute Gasteiger partial charge is 0.254 e. The molecule has 2 rings (SSSR count). The highest BCUT2D eigenvalue weighted by atomic mass is 16.2. The molecule has 2 N–H and O–H groups in total. The standard InChI is InChI=1S/C15H23N3O/c1-3-12-5-7-18(14(9-12)10-16)15(19)13-4-6-17-11(2)8-13/h4,6,8,12,14H,3,5,7,9-10,16H2,1-2H3. The summed E-state index contributed by atoms with van der Waals surface area (Å²) in [5.41, 5.74) is 7.45. The number of hydrogen-bond donors (Lipinski definition) is 1. The first-order valence-corrected chi connectivity index (χ1v) is 7.09. The quantitative estimate of drug-likeness (QED) is 0.905. The minimum atomic E-state index is 0.0931. The third-order valence-electron chi connectivity index (χ3n) is 4.08. The Bertz CT molecular complexity index is 447. The van der Waals surface area contributed by atoms with Crippen LogP contribution >= 0.6 is 0 Å². The second-order valence-corrected chi connectivity index (χ2v) is 5.37. The lowest BCUT2D eigenvalue weighted by Gasteiger charge is -2.39. The zero-order valence-corrected chi connectivity index (χ0v) is 11.8. The maximum absolute atomic E-state index is 12.6. The van der Waals surface area contributed by atoms with Crippen LogP contribution in [0.4, 0.5) is 0 Å². The van der Waals surface area contributed by atoms with Crippen LogP contribution in [0.2, 0.25) is 0 Å². The average Bonchev–Trinajstić information content (AvgIpc) is 2.45. The lowest BCUT2D eigenvalue weighted by molar-refractivity contribution is 0.0558. The predicted molar refractivity (Wildman–Crippen MR) is 75.9 cm³/mol. The molecule has 4 heteroatoms. The molecule has 1 saturated heterocycles. The molecule has 1 amide bonds. The molecule has 1 aliphatic rings. The number of aryl methyl sites for hydroxylation is 1. The topological polar surface area (TPSA) is 59.2 Å². The molecule has 1 aromatic heterocycles. The maximum Gasteiger partial charge on any atom is 0.254 e. The Morgan fingerprint density at radius 2 is 2.37 bits per heavy atom. The Balaban J connectivity index is 2.14. The van der Waals surface area contributed by atoms with Gasteiger partial charge in [-0.25, -0.2) is 0 Å². The van der Waals surface area contributed by atoms with Crippen molar-refractivity contribution in [3.63, 3.8) is 0 Å². The molecular weight excluding hydrogens is 238 g/mol. The van der Waals surface area contributed by atoms with E-state index in [2.05, 4.69) is 11.9 Å². The van der Waals surface area contributed by atoms with Gasteiger partial charge in [-0.05, 0) is 37.8 Å². The number of nitrogens with two attached hydrogens (primary N) is 1. The van der Waals surface area contributed by atoms with Gasteiger partial charge in [0.15, 0.2) is 0 Å². The molecule has 0 saturated carbocycles. The normalized spacial score (nSPS) is 23.4. The Morgan fingerprint density at radius 3 is 3.00 bits per heavy atom. The summed E-state index contributed by atoms with van der Waals surface area (Å²) in [6, 6.07) is 3.82. The number of likely N-dealkylation sites (tertiary alicyclic amines) is 1. The number of hydrogen-bond acceptors (Lipinski definition) is 3. The summed E-state index contributed by atoms with van der Waals surface area (Å²) in [7, 11) is 0. The first-order chi connectivity index (χ1) is 9.15. The van der Waals surface area contributed by atoms with Gasteiger partial charge >= 0.3 is 0 Å². The van der Waals surface area contributed by atoms with Gasteiger partial charge in [0.1, 0.15) is 0 Å². The number of aromatic nitrogens is 1. The van der Waals surface area contributed by atoms with E-state index in [4.69, 9.17) is 5.73 Å². The van der Waals surface area contributed by atoms with Crippen molar-refractivity contribution in [1.82, 2.24) is 9.88 Å². The molecule has 19 heavy (non-hydrogen) atoms. The largest absolute Gasteiger partial charge is 0.334 e. The first-order valence-electron chi connectivity index (χ1n) is 7.09. The molecule has 0 radical (unpaired) electrons. The molecule has 0 bridgehead atoms. The van der Waals surface area contributed by atoms with Crippen molar-refractivity contribution in [2.45, 2.75) is 39.2 Å². The van der Waals surface area contributed by atoms with Gasteiger partial charge in [-0.1, -0.05) is 13.3 Å². The number of pyridine rings is 1. The van der Waals surface area contributed by atoms with Gasteiger partial charge < -0.3 is 10.6 Å². The van der Waals surface area contributed by atoms with E-state index < -0.39 is 0 Å². The molecule has 2 heterocycles. The van der Waals surface area contributed by atoms with Crippen LogP contribution in [0, 0.1) is 12.8 Å². The highest BCUT2D eigenvalue weighted by molar-refractivity contribution is 5.94. The van der Waals surface area contributed by atoms with E-state index in [-0.39, 0.29) is 11.9 Å². The summed E-state index contributed by atoms with van der Waals surface area (Å²) in [5.74, 6) is 0.798. The zero-order valence-electron chi connectivity index (χ0n) is 11.8. The van der Waals surface area contributed by atoms with Gasteiger partial charge in [0.2, 0.25) is 0 Å². The van der Waals surface area contributed by atoms with Crippen LogP contribution in [0.1, 0.15) is 42.2 Å². The third-order valence-corrected chi connectivity index (χ3v) is 4.08. The van der Waals surface area contributed by atoms with Crippen LogP contribution in [0.3, 0.4) is 0 Å². The molecule has 1 aromatic rings. The number of carbonyl (C=O) groups excluding carboxylic acids is 1. The van der Waals surface area contributed by atoms with Crippen molar-refractivity contribution in [1.29, 1.82) is 0 Å². The van der Waals surface area contributed by atoms with E-state index in [0.717, 1.165) is 30.6 Å². The van der Waals surface area contributed by atoms with Gasteiger partial charge in [0.25, 0.3) is 5.91 Å². The minimum Gasteiger partial charge on any atom is -0.334 e. The zero-order chi connectivity index (χ0) is 13.8. The second kappa shape index (κ2) is 6.15. The molecule has 2 atom stereocenters. The van der Waals surface area contributed by atoms with E-state index in [1.54, 1.807) is 12.3 Å². The van der Waals surface area contributed by atoms with Crippen molar-refractivity contribution in [3.8, 4) is 0 Å². The monoisotopic (exact) mass is 261 g/mol. The molecule has 4 nitrogen and oxygen atoms in total. The Labute approximate surface area is 115 Å². The van der Waals surface area contributed by atoms with Gasteiger partial charge in [0.05, 0.1) is 0 Å². The number of nitrogens with zero attached hydrogens (tertiary/aromatic N) is 2. The van der Waals surface area contributed by atoms with Crippen LogP contribution < -0.4 is 5.73 Å². The fourth-order valence-electron chi connectivity index (χ4n) is 2.84. The molecule has 0 aliphatic carbocycles. The molecule has 0 aromatic carbocycles. The van der Waals surface area contributed by atoms with Crippen molar-refractivity contribution < 1.29 is 4.79 Å². The summed E-state index contributed by atoms with van der Waals surface area (Å²) in [6.07, 6.45) is 4.98. The number of piperidine rings is 1. The van der Waals surface area contributed by atoms with Gasteiger partial charge in [-0.2, -0.15) is 0 Å². The highest BCUT2D eigenvalue weighted by Crippen LogP contribution is 2.26. The van der Waals surface area contributed by atoms with E-state index in [9.17, 15) is 4.79 Å². The van der Waals surface area contributed by atoms with Crippen molar-refractivity contribution in [2.75, 3.05) is 13.1 Å². The summed E-state index contributed by atoms with van der Waals surface area (Å²) >= 11 is 0. The van der Waals surface area contributed by atoms with E-state index in [1.165, 1.54) is 6.42 Å². The fourth-order valence-corrected chi connectivity index (χ4v) is 2.84. The maximum atomic E-state index is 12.6. The summed E-state index contributed by atoms with van der Waals surface area (Å²) in [6.45, 7) is 5.48. The van der Waals surface area contributed by atoms with Crippen LogP contribution in [0.5, 0.6) is 0 Å². The Kier molecular flexibility index (Phi) is 4.53. The van der Waals surface area contributed by atoms with Gasteiger partial charge in [0, 0.05) is 36.6 Å². The molecule has 104 valence electrons. The highest BCUT2D eigenvalue weighted by Gasteiger charge is 2.30. The van der Waals surface area contributed by atoms with Crippen LogP contribution in [0.15, 0.2) is 18.3 Å². The summed E-state index contributed by atoms with van der Waals surface area (Å²) in [5, 5.41) is 0. The Hall–Kier alpha value is -1.42. The molecule has 2 unspecified atom stereocenters. The summed E-state index contributed by atoms with van der Waals surface area (Å²) in [4.78, 5) is 18.6. The first kappa shape index (κ1) is 14.0. The third kappa shape index (κ3) is 3.13. The minimum absolute atomic E-state index is 0.0931. The van der Waals surface area contributed by atoms with Crippen LogP contribution in [0.25, 0.3) is 0 Å². The molecule has 1 fully saturated rings. The van der Waals surface area contributed by atoms with Crippen LogP contribution in [-0.4, -0.2) is 34.9 Å². The number of rotatable bonds is 3. The molecule has 0 spiro atoms. The summed E-state index contributed by atoms with van der Waals surface area (Å²) < 4.78 is 0. The van der Waals surface area contributed by atoms with E-state index >= 15 is 0 Å². The van der Waals surface area contributed by atoms with Gasteiger partial charge in [-0.15, -0.1) is 0 Å². The van der Waals surface area contributed by atoms with Crippen molar-refractivity contribution in [2.24, 2.45) is 11.7 Å². The number of carbonyl (C=O) groups is 1. The van der Waals surface area contributed by atoms with Crippen molar-refractivity contribution >= 4 is 5.91 Å². The average molecular weight is 261 g/mol. The predicted octanol–water partition coefficient (Wildman–Crippen LogP) is 1.98. The molecule has 1 aliphatic heterocycles. The van der Waals surface area contributed by atoms with Crippen LogP contribution in [-0.2, 0) is 0 Å². The lowest BCUT2D eigenvalue weighted by Crippen LogP contribution is -2.49. The van der Waals surface area contributed by atoms with Crippen molar-refractivity contribution in [3.05, 3.63) is 29.6 Å². The lowest BCUT2D eigenvalue weighted by atomic mass is 9.88.